The van der Waals surface area contributed by atoms with Gasteiger partial charge in [-0.15, -0.1) is 0 Å². The molecule has 2 rings (SSSR count). The van der Waals surface area contributed by atoms with Crippen LogP contribution in [-0.2, 0) is 6.54 Å². The normalized spacial score (nSPS) is 12.6. The Labute approximate surface area is 129 Å². The van der Waals surface area contributed by atoms with E-state index < -0.39 is 0 Å². The second kappa shape index (κ2) is 7.11. The van der Waals surface area contributed by atoms with E-state index in [2.05, 4.69) is 28.7 Å². The highest BCUT2D eigenvalue weighted by molar-refractivity contribution is 6.42. The van der Waals surface area contributed by atoms with E-state index >= 15 is 0 Å². The molecule has 1 atom stereocenters. The maximum Gasteiger partial charge on any atom is 0.130 e. The molecule has 108 valence electrons. The van der Waals surface area contributed by atoms with Gasteiger partial charge in [0.15, 0.2) is 0 Å². The molecule has 1 heterocycles. The number of aryl methyl sites for hydroxylation is 1. The largest absolute Gasteiger partial charge is 0.333 e. The van der Waals surface area contributed by atoms with Gasteiger partial charge < -0.3 is 9.88 Å². The van der Waals surface area contributed by atoms with E-state index in [1.165, 1.54) is 0 Å². The highest BCUT2D eigenvalue weighted by Gasteiger charge is 2.21. The van der Waals surface area contributed by atoms with Crippen molar-refractivity contribution in [2.45, 2.75) is 32.9 Å². The lowest BCUT2D eigenvalue weighted by Crippen LogP contribution is -2.25. The number of hydrogen-bond donors (Lipinski definition) is 1. The van der Waals surface area contributed by atoms with Gasteiger partial charge in [0.25, 0.3) is 0 Å². The van der Waals surface area contributed by atoms with Crippen LogP contribution >= 0.6 is 23.2 Å². The minimum absolute atomic E-state index is 0.0484. The molecule has 0 aliphatic carbocycles. The molecular formula is C15H19Cl2N3. The maximum atomic E-state index is 6.36. The first-order valence-electron chi connectivity index (χ1n) is 6.87. The van der Waals surface area contributed by atoms with Crippen molar-refractivity contribution in [3.05, 3.63) is 52.0 Å². The zero-order valence-electron chi connectivity index (χ0n) is 11.7. The number of nitrogens with one attached hydrogen (secondary N) is 1. The van der Waals surface area contributed by atoms with Crippen LogP contribution in [0.25, 0.3) is 0 Å². The Morgan fingerprint density at radius 1 is 1.30 bits per heavy atom. The molecule has 0 aliphatic heterocycles. The molecule has 0 fully saturated rings. The molecular weight excluding hydrogens is 293 g/mol. The van der Waals surface area contributed by atoms with Crippen LogP contribution < -0.4 is 5.32 Å². The standard InChI is InChI=1S/C15H19Cl2N3/c1-3-9-20-10-8-19-15(20)14(18-4-2)11-6-5-7-12(16)13(11)17/h5-8,10,14,18H,3-4,9H2,1-2H3. The molecule has 0 amide bonds. The first kappa shape index (κ1) is 15.4. The van der Waals surface area contributed by atoms with Gasteiger partial charge >= 0.3 is 0 Å². The SMILES string of the molecule is CCCn1ccnc1C(NCC)c1cccc(Cl)c1Cl. The summed E-state index contributed by atoms with van der Waals surface area (Å²) in [5.74, 6) is 0.970. The highest BCUT2D eigenvalue weighted by atomic mass is 35.5. The van der Waals surface area contributed by atoms with E-state index in [0.717, 1.165) is 30.9 Å². The number of rotatable bonds is 6. The summed E-state index contributed by atoms with van der Waals surface area (Å²) in [4.78, 5) is 4.50. The zero-order valence-corrected chi connectivity index (χ0v) is 13.2. The van der Waals surface area contributed by atoms with E-state index in [0.29, 0.717) is 10.0 Å². The van der Waals surface area contributed by atoms with Crippen LogP contribution in [0.4, 0.5) is 0 Å². The summed E-state index contributed by atoms with van der Waals surface area (Å²) < 4.78 is 2.16. The minimum atomic E-state index is -0.0484. The molecule has 1 unspecified atom stereocenters. The Hall–Kier alpha value is -1.03. The fourth-order valence-corrected chi connectivity index (χ4v) is 2.72. The third kappa shape index (κ3) is 3.17. The monoisotopic (exact) mass is 311 g/mol. The third-order valence-electron chi connectivity index (χ3n) is 3.17. The molecule has 0 saturated heterocycles. The molecule has 1 N–H and O–H groups in total. The Morgan fingerprint density at radius 2 is 2.10 bits per heavy atom. The topological polar surface area (TPSA) is 29.9 Å². The summed E-state index contributed by atoms with van der Waals surface area (Å²) in [6.07, 6.45) is 4.89. The van der Waals surface area contributed by atoms with Crippen molar-refractivity contribution in [2.24, 2.45) is 0 Å². The molecule has 2 aromatic rings. The van der Waals surface area contributed by atoms with Gasteiger partial charge in [-0.25, -0.2) is 4.98 Å². The molecule has 20 heavy (non-hydrogen) atoms. The van der Waals surface area contributed by atoms with E-state index in [1.807, 2.05) is 24.5 Å². The summed E-state index contributed by atoms with van der Waals surface area (Å²) in [6.45, 7) is 5.98. The summed E-state index contributed by atoms with van der Waals surface area (Å²) in [6, 6.07) is 5.66. The van der Waals surface area contributed by atoms with E-state index in [9.17, 15) is 0 Å². The average Bonchev–Trinajstić information content (AvgIpc) is 2.88. The second-order valence-corrected chi connectivity index (χ2v) is 5.40. The van der Waals surface area contributed by atoms with Crippen molar-refractivity contribution < 1.29 is 0 Å². The van der Waals surface area contributed by atoms with Gasteiger partial charge in [-0.05, 0) is 24.6 Å². The Morgan fingerprint density at radius 3 is 2.80 bits per heavy atom. The summed E-state index contributed by atoms with van der Waals surface area (Å²) in [5.41, 5.74) is 0.963. The Balaban J connectivity index is 2.45. The number of nitrogens with zero attached hydrogens (tertiary/aromatic N) is 2. The van der Waals surface area contributed by atoms with Gasteiger partial charge in [0.1, 0.15) is 5.82 Å². The summed E-state index contributed by atoms with van der Waals surface area (Å²) in [7, 11) is 0. The average molecular weight is 312 g/mol. The van der Waals surface area contributed by atoms with Crippen LogP contribution in [0.3, 0.4) is 0 Å². The lowest BCUT2D eigenvalue weighted by atomic mass is 10.1. The summed E-state index contributed by atoms with van der Waals surface area (Å²) >= 11 is 12.5. The fourth-order valence-electron chi connectivity index (χ4n) is 2.30. The van der Waals surface area contributed by atoms with Crippen molar-refractivity contribution in [3.63, 3.8) is 0 Å². The van der Waals surface area contributed by atoms with Gasteiger partial charge in [-0.3, -0.25) is 0 Å². The van der Waals surface area contributed by atoms with Crippen molar-refractivity contribution in [1.29, 1.82) is 0 Å². The molecule has 0 radical (unpaired) electrons. The van der Waals surface area contributed by atoms with Gasteiger partial charge in [0.05, 0.1) is 16.1 Å². The van der Waals surface area contributed by atoms with Gasteiger partial charge in [0.2, 0.25) is 0 Å². The number of imidazole rings is 1. The molecule has 0 saturated carbocycles. The van der Waals surface area contributed by atoms with Crippen LogP contribution in [0.1, 0.15) is 37.7 Å². The first-order valence-corrected chi connectivity index (χ1v) is 7.62. The number of hydrogen-bond acceptors (Lipinski definition) is 2. The zero-order chi connectivity index (χ0) is 14.5. The summed E-state index contributed by atoms with van der Waals surface area (Å²) in [5, 5.41) is 4.60. The maximum absolute atomic E-state index is 6.36. The van der Waals surface area contributed by atoms with Crippen LogP contribution in [0.5, 0.6) is 0 Å². The van der Waals surface area contributed by atoms with Crippen molar-refractivity contribution in [2.75, 3.05) is 6.54 Å². The molecule has 0 spiro atoms. The van der Waals surface area contributed by atoms with Gasteiger partial charge in [-0.2, -0.15) is 0 Å². The predicted molar refractivity (Wildman–Crippen MR) is 84.5 cm³/mol. The molecule has 1 aromatic carbocycles. The van der Waals surface area contributed by atoms with E-state index in [-0.39, 0.29) is 6.04 Å². The molecule has 0 bridgehead atoms. The van der Waals surface area contributed by atoms with Crippen LogP contribution in [0.2, 0.25) is 10.0 Å². The van der Waals surface area contributed by atoms with E-state index in [1.54, 1.807) is 6.07 Å². The minimum Gasteiger partial charge on any atom is -0.333 e. The number of benzene rings is 1. The fraction of sp³-hybridized carbons (Fsp3) is 0.400. The van der Waals surface area contributed by atoms with Gasteiger partial charge in [0, 0.05) is 18.9 Å². The van der Waals surface area contributed by atoms with Crippen molar-refractivity contribution in [1.82, 2.24) is 14.9 Å². The second-order valence-electron chi connectivity index (χ2n) is 4.61. The van der Waals surface area contributed by atoms with Crippen LogP contribution in [-0.4, -0.2) is 16.1 Å². The number of aromatic nitrogens is 2. The molecule has 5 heteroatoms. The molecule has 3 nitrogen and oxygen atoms in total. The first-order chi connectivity index (χ1) is 9.69. The molecule has 1 aromatic heterocycles. The van der Waals surface area contributed by atoms with Gasteiger partial charge in [-0.1, -0.05) is 49.2 Å². The Bertz CT molecular complexity index is 566. The number of halogens is 2. The quantitative estimate of drug-likeness (QED) is 0.862. The predicted octanol–water partition coefficient (Wildman–Crippen LogP) is 4.30. The lowest BCUT2D eigenvalue weighted by Gasteiger charge is -2.21. The van der Waals surface area contributed by atoms with Crippen molar-refractivity contribution in [3.8, 4) is 0 Å². The highest BCUT2D eigenvalue weighted by Crippen LogP contribution is 2.32. The third-order valence-corrected chi connectivity index (χ3v) is 4.00. The molecule has 0 aliphatic rings. The Kier molecular flexibility index (Phi) is 5.46. The smallest absolute Gasteiger partial charge is 0.130 e. The van der Waals surface area contributed by atoms with Crippen LogP contribution in [0.15, 0.2) is 30.6 Å². The van der Waals surface area contributed by atoms with Crippen LogP contribution in [0, 0.1) is 0 Å². The van der Waals surface area contributed by atoms with Crippen molar-refractivity contribution >= 4 is 23.2 Å². The lowest BCUT2D eigenvalue weighted by molar-refractivity contribution is 0.544. The van der Waals surface area contributed by atoms with E-state index in [4.69, 9.17) is 23.2 Å².